The molecule has 1 atom stereocenters. The first-order valence-corrected chi connectivity index (χ1v) is 5.39. The zero-order valence-corrected chi connectivity index (χ0v) is 10.2. The summed E-state index contributed by atoms with van der Waals surface area (Å²) < 4.78 is 10.9. The highest BCUT2D eigenvalue weighted by Gasteiger charge is 2.38. The van der Waals surface area contributed by atoms with Gasteiger partial charge in [0.15, 0.2) is 0 Å². The van der Waals surface area contributed by atoms with Gasteiger partial charge in [0.2, 0.25) is 12.2 Å². The fourth-order valence-corrected chi connectivity index (χ4v) is 1.75. The van der Waals surface area contributed by atoms with E-state index in [1.807, 2.05) is 38.1 Å². The van der Waals surface area contributed by atoms with Crippen molar-refractivity contribution in [1.29, 1.82) is 0 Å². The molecule has 3 nitrogen and oxygen atoms in total. The third-order valence-electron chi connectivity index (χ3n) is 2.70. The summed E-state index contributed by atoms with van der Waals surface area (Å²) in [5.41, 5.74) is 1.90. The Hall–Kier alpha value is -1.35. The molecule has 16 heavy (non-hydrogen) atoms. The molecule has 1 heterocycles. The predicted octanol–water partition coefficient (Wildman–Crippen LogP) is 2.52. The largest absolute Gasteiger partial charge is 0.445 e. The fraction of sp³-hybridized carbons (Fsp3) is 0.462. The lowest BCUT2D eigenvalue weighted by Crippen LogP contribution is -2.32. The predicted molar refractivity (Wildman–Crippen MR) is 63.7 cm³/mol. The van der Waals surface area contributed by atoms with Crippen LogP contribution in [0, 0.1) is 6.92 Å². The van der Waals surface area contributed by atoms with Crippen molar-refractivity contribution in [2.24, 2.45) is 4.99 Å². The second-order valence-electron chi connectivity index (χ2n) is 4.62. The average Bonchev–Trinajstić information content (AvgIpc) is 2.54. The number of hydrogen-bond acceptors (Lipinski definition) is 3. The van der Waals surface area contributed by atoms with Crippen molar-refractivity contribution in [2.75, 3.05) is 7.11 Å². The maximum atomic E-state index is 5.68. The molecule has 0 aromatic heterocycles. The molecule has 3 heteroatoms. The maximum absolute atomic E-state index is 5.68. The van der Waals surface area contributed by atoms with E-state index in [1.165, 1.54) is 5.56 Å². The maximum Gasteiger partial charge on any atom is 0.226 e. The zero-order valence-electron chi connectivity index (χ0n) is 10.2. The number of aliphatic imine (C=N–C) groups is 1. The summed E-state index contributed by atoms with van der Waals surface area (Å²) in [6.45, 7) is 6.06. The van der Waals surface area contributed by atoms with Crippen molar-refractivity contribution in [3.05, 3.63) is 35.4 Å². The molecule has 0 bridgehead atoms. The van der Waals surface area contributed by atoms with Gasteiger partial charge in [-0.2, -0.15) is 0 Å². The molecular formula is C13H17NO2. The second kappa shape index (κ2) is 3.91. The van der Waals surface area contributed by atoms with Crippen molar-refractivity contribution in [3.63, 3.8) is 0 Å². The van der Waals surface area contributed by atoms with Gasteiger partial charge in [-0.05, 0) is 32.9 Å². The summed E-state index contributed by atoms with van der Waals surface area (Å²) in [6.07, 6.45) is -0.302. The van der Waals surface area contributed by atoms with E-state index < -0.39 is 0 Å². The highest BCUT2D eigenvalue weighted by Crippen LogP contribution is 2.27. The van der Waals surface area contributed by atoms with E-state index in [-0.39, 0.29) is 11.8 Å². The molecule has 0 fully saturated rings. The van der Waals surface area contributed by atoms with Crippen LogP contribution in [-0.2, 0) is 9.47 Å². The lowest BCUT2D eigenvalue weighted by molar-refractivity contribution is -0.0833. The normalized spacial score (nSPS) is 22.8. The first-order valence-electron chi connectivity index (χ1n) is 5.39. The van der Waals surface area contributed by atoms with Crippen LogP contribution in [0.15, 0.2) is 29.3 Å². The number of ether oxygens (including phenoxy) is 2. The molecule has 0 aliphatic carbocycles. The first-order chi connectivity index (χ1) is 7.53. The molecular weight excluding hydrogens is 202 g/mol. The molecule has 0 N–H and O–H groups in total. The Kier molecular flexibility index (Phi) is 2.72. The van der Waals surface area contributed by atoms with Gasteiger partial charge in [-0.3, -0.25) is 0 Å². The molecule has 0 spiro atoms. The van der Waals surface area contributed by atoms with E-state index >= 15 is 0 Å². The molecule has 1 aromatic rings. The van der Waals surface area contributed by atoms with Gasteiger partial charge in [-0.1, -0.05) is 17.7 Å². The van der Waals surface area contributed by atoms with Crippen LogP contribution in [0.5, 0.6) is 0 Å². The fourth-order valence-electron chi connectivity index (χ4n) is 1.75. The Bertz CT molecular complexity index is 406. The van der Waals surface area contributed by atoms with Gasteiger partial charge in [0.25, 0.3) is 0 Å². The Balaban J connectivity index is 2.27. The Morgan fingerprint density at radius 2 is 1.88 bits per heavy atom. The minimum atomic E-state index is -0.324. The van der Waals surface area contributed by atoms with Crippen molar-refractivity contribution < 1.29 is 9.47 Å². The van der Waals surface area contributed by atoms with Crippen LogP contribution in [0.25, 0.3) is 0 Å². The van der Waals surface area contributed by atoms with Crippen LogP contribution in [0.3, 0.4) is 0 Å². The van der Waals surface area contributed by atoms with Gasteiger partial charge in [0, 0.05) is 12.7 Å². The Morgan fingerprint density at radius 3 is 2.38 bits per heavy atom. The van der Waals surface area contributed by atoms with Crippen molar-refractivity contribution in [2.45, 2.75) is 32.6 Å². The minimum Gasteiger partial charge on any atom is -0.445 e. The van der Waals surface area contributed by atoms with Crippen molar-refractivity contribution >= 4 is 5.90 Å². The quantitative estimate of drug-likeness (QED) is 0.765. The number of aryl methyl sites for hydroxylation is 1. The van der Waals surface area contributed by atoms with Gasteiger partial charge in [-0.15, -0.1) is 0 Å². The van der Waals surface area contributed by atoms with Crippen LogP contribution >= 0.6 is 0 Å². The number of methoxy groups -OCH3 is 1. The van der Waals surface area contributed by atoms with Gasteiger partial charge >= 0.3 is 0 Å². The van der Waals surface area contributed by atoms with E-state index in [9.17, 15) is 0 Å². The Morgan fingerprint density at radius 1 is 1.25 bits per heavy atom. The van der Waals surface area contributed by atoms with Crippen molar-refractivity contribution in [3.8, 4) is 0 Å². The molecule has 1 aromatic carbocycles. The SMILES string of the molecule is COC1OC(c2ccc(C)cc2)=NC1(C)C. The van der Waals surface area contributed by atoms with Crippen LogP contribution in [0.2, 0.25) is 0 Å². The summed E-state index contributed by atoms with van der Waals surface area (Å²) in [7, 11) is 1.64. The number of nitrogens with zero attached hydrogens (tertiary/aromatic N) is 1. The summed E-state index contributed by atoms with van der Waals surface area (Å²) in [5, 5.41) is 0. The number of benzene rings is 1. The van der Waals surface area contributed by atoms with Crippen LogP contribution in [-0.4, -0.2) is 24.8 Å². The van der Waals surface area contributed by atoms with E-state index in [0.29, 0.717) is 5.90 Å². The molecule has 0 amide bonds. The second-order valence-corrected chi connectivity index (χ2v) is 4.62. The van der Waals surface area contributed by atoms with Gasteiger partial charge in [-0.25, -0.2) is 4.99 Å². The zero-order chi connectivity index (χ0) is 11.8. The molecule has 86 valence electrons. The Labute approximate surface area is 96.1 Å². The summed E-state index contributed by atoms with van der Waals surface area (Å²) >= 11 is 0. The molecule has 0 saturated carbocycles. The van der Waals surface area contributed by atoms with Crippen LogP contribution in [0.4, 0.5) is 0 Å². The first kappa shape index (κ1) is 11.1. The summed E-state index contributed by atoms with van der Waals surface area (Å²) in [6, 6.07) is 8.13. The summed E-state index contributed by atoms with van der Waals surface area (Å²) in [5.74, 6) is 0.664. The third-order valence-corrected chi connectivity index (χ3v) is 2.70. The average molecular weight is 219 g/mol. The molecule has 1 unspecified atom stereocenters. The van der Waals surface area contributed by atoms with E-state index in [1.54, 1.807) is 7.11 Å². The smallest absolute Gasteiger partial charge is 0.226 e. The lowest BCUT2D eigenvalue weighted by Gasteiger charge is -2.20. The van der Waals surface area contributed by atoms with Gasteiger partial charge < -0.3 is 9.47 Å². The number of rotatable bonds is 2. The van der Waals surface area contributed by atoms with Gasteiger partial charge in [0.05, 0.1) is 0 Å². The molecule has 2 rings (SSSR count). The highest BCUT2D eigenvalue weighted by atomic mass is 16.7. The summed E-state index contributed by atoms with van der Waals surface area (Å²) in [4.78, 5) is 4.54. The standard InChI is InChI=1S/C13H17NO2/c1-9-5-7-10(8-6-9)11-14-13(2,3)12(15-4)16-11/h5-8,12H,1-4H3. The lowest BCUT2D eigenvalue weighted by atomic mass is 10.1. The van der Waals surface area contributed by atoms with E-state index in [4.69, 9.17) is 9.47 Å². The van der Waals surface area contributed by atoms with Crippen molar-refractivity contribution in [1.82, 2.24) is 0 Å². The van der Waals surface area contributed by atoms with Crippen LogP contribution < -0.4 is 0 Å². The molecule has 1 aliphatic heterocycles. The molecule has 0 saturated heterocycles. The van der Waals surface area contributed by atoms with Gasteiger partial charge in [0.1, 0.15) is 5.54 Å². The molecule has 1 aliphatic rings. The topological polar surface area (TPSA) is 30.8 Å². The monoisotopic (exact) mass is 219 g/mol. The van der Waals surface area contributed by atoms with Crippen LogP contribution in [0.1, 0.15) is 25.0 Å². The number of hydrogen-bond donors (Lipinski definition) is 0. The molecule has 0 radical (unpaired) electrons. The van der Waals surface area contributed by atoms with E-state index in [2.05, 4.69) is 11.9 Å². The van der Waals surface area contributed by atoms with E-state index in [0.717, 1.165) is 5.56 Å². The third kappa shape index (κ3) is 1.95. The minimum absolute atomic E-state index is 0.302. The highest BCUT2D eigenvalue weighted by molar-refractivity contribution is 5.95.